The molecule has 6 nitrogen and oxygen atoms in total. The molecule has 0 radical (unpaired) electrons. The second-order valence-electron chi connectivity index (χ2n) is 11.1. The van der Waals surface area contributed by atoms with Gasteiger partial charge >= 0.3 is 0 Å². The lowest BCUT2D eigenvalue weighted by atomic mass is 9.88. The molecule has 7 rings (SSSR count). The second kappa shape index (κ2) is 9.75. The Morgan fingerprint density at radius 3 is 2.08 bits per heavy atom. The number of anilines is 2. The van der Waals surface area contributed by atoms with Gasteiger partial charge in [-0.1, -0.05) is 48.5 Å². The van der Waals surface area contributed by atoms with Gasteiger partial charge in [0, 0.05) is 43.6 Å². The monoisotopic (exact) mass is 533 g/mol. The molecule has 2 fully saturated rings. The number of aliphatic hydroxyl groups is 1. The van der Waals surface area contributed by atoms with Gasteiger partial charge in [-0.2, -0.15) is 5.10 Å². The van der Waals surface area contributed by atoms with Crippen LogP contribution < -0.4 is 9.80 Å². The number of hydrogen-bond acceptors (Lipinski definition) is 5. The SMILES string of the molecule is C[C@](O)(c1ccc(F)cc1)c1ccc(N2CCN(c3ncnn4cc(-c5ccc(C6CC6)cc5)cc34)CC2)cc1. The van der Waals surface area contributed by atoms with E-state index in [9.17, 15) is 9.50 Å². The highest BCUT2D eigenvalue weighted by Gasteiger charge is 2.27. The number of halogens is 1. The highest BCUT2D eigenvalue weighted by Crippen LogP contribution is 2.40. The quantitative estimate of drug-likeness (QED) is 0.290. The van der Waals surface area contributed by atoms with Gasteiger partial charge in [-0.05, 0) is 78.3 Å². The molecule has 1 aliphatic heterocycles. The van der Waals surface area contributed by atoms with Gasteiger partial charge in [0.1, 0.15) is 23.3 Å². The summed E-state index contributed by atoms with van der Waals surface area (Å²) in [6.45, 7) is 5.16. The van der Waals surface area contributed by atoms with Crippen LogP contribution in [0.15, 0.2) is 91.4 Å². The van der Waals surface area contributed by atoms with E-state index in [-0.39, 0.29) is 5.82 Å². The summed E-state index contributed by atoms with van der Waals surface area (Å²) < 4.78 is 15.3. The molecule has 1 saturated carbocycles. The lowest BCUT2D eigenvalue weighted by Gasteiger charge is -2.37. The van der Waals surface area contributed by atoms with E-state index in [1.165, 1.54) is 36.1 Å². The molecule has 1 atom stereocenters. The van der Waals surface area contributed by atoms with E-state index in [1.54, 1.807) is 25.4 Å². The third-order valence-electron chi connectivity index (χ3n) is 8.46. The molecule has 2 aromatic heterocycles. The average molecular weight is 534 g/mol. The Hall–Kier alpha value is -4.23. The molecule has 40 heavy (non-hydrogen) atoms. The molecule has 1 N–H and O–H groups in total. The Balaban J connectivity index is 1.05. The van der Waals surface area contributed by atoms with Crippen molar-refractivity contribution in [2.75, 3.05) is 36.0 Å². The van der Waals surface area contributed by atoms with E-state index in [1.807, 2.05) is 16.6 Å². The number of hydrogen-bond donors (Lipinski definition) is 1. The summed E-state index contributed by atoms with van der Waals surface area (Å²) in [6.07, 6.45) is 6.35. The Morgan fingerprint density at radius 1 is 0.800 bits per heavy atom. The van der Waals surface area contributed by atoms with Crippen molar-refractivity contribution in [2.24, 2.45) is 0 Å². The van der Waals surface area contributed by atoms with Crippen molar-refractivity contribution in [1.82, 2.24) is 14.6 Å². The first-order valence-corrected chi connectivity index (χ1v) is 14.0. The van der Waals surface area contributed by atoms with Crippen LogP contribution in [0.25, 0.3) is 16.6 Å². The van der Waals surface area contributed by atoms with Gasteiger partial charge in [0.2, 0.25) is 0 Å². The molecule has 3 aromatic carbocycles. The maximum absolute atomic E-state index is 13.4. The zero-order valence-electron chi connectivity index (χ0n) is 22.5. The standard InChI is InChI=1S/C33H32FN5O/c1-33(40,27-8-12-29(34)13-9-27)28-10-14-30(15-11-28)37-16-18-38(19-17-37)32-31-20-26(21-39(31)36-22-35-32)25-6-4-24(5-7-25)23-2-3-23/h4-15,20-23,40H,2-3,16-19H2,1H3/t33-/m0/s1. The summed E-state index contributed by atoms with van der Waals surface area (Å²) in [7, 11) is 0. The third-order valence-corrected chi connectivity index (χ3v) is 8.46. The Morgan fingerprint density at radius 2 is 1.43 bits per heavy atom. The van der Waals surface area contributed by atoms with Gasteiger partial charge in [0.25, 0.3) is 0 Å². The number of nitrogens with zero attached hydrogens (tertiary/aromatic N) is 5. The van der Waals surface area contributed by atoms with Gasteiger partial charge in [-0.15, -0.1) is 0 Å². The van der Waals surface area contributed by atoms with Crippen LogP contribution in [0, 0.1) is 5.82 Å². The lowest BCUT2D eigenvalue weighted by molar-refractivity contribution is 0.102. The molecular formula is C33H32FN5O. The first-order valence-electron chi connectivity index (χ1n) is 14.0. The van der Waals surface area contributed by atoms with Gasteiger partial charge in [0.05, 0.1) is 0 Å². The minimum atomic E-state index is -1.20. The highest BCUT2D eigenvalue weighted by atomic mass is 19.1. The zero-order chi connectivity index (χ0) is 27.3. The van der Waals surface area contributed by atoms with E-state index >= 15 is 0 Å². The number of piperazine rings is 1. The largest absolute Gasteiger partial charge is 0.381 e. The normalized spacial score (nSPS) is 17.3. The maximum Gasteiger partial charge on any atom is 0.156 e. The zero-order valence-corrected chi connectivity index (χ0v) is 22.5. The van der Waals surface area contributed by atoms with Crippen LogP contribution in [0.5, 0.6) is 0 Å². The van der Waals surface area contributed by atoms with Crippen LogP contribution in [0.1, 0.15) is 42.4 Å². The average Bonchev–Trinajstić information content (AvgIpc) is 3.75. The minimum absolute atomic E-state index is 0.312. The molecule has 2 aliphatic rings. The maximum atomic E-state index is 13.4. The van der Waals surface area contributed by atoms with Crippen molar-refractivity contribution >= 4 is 17.0 Å². The smallest absolute Gasteiger partial charge is 0.156 e. The second-order valence-corrected chi connectivity index (χ2v) is 11.1. The van der Waals surface area contributed by atoms with Crippen molar-refractivity contribution in [3.05, 3.63) is 114 Å². The number of rotatable bonds is 6. The number of fused-ring (bicyclic) bond motifs is 1. The molecule has 0 unspecified atom stereocenters. The van der Waals surface area contributed by atoms with E-state index < -0.39 is 5.60 Å². The highest BCUT2D eigenvalue weighted by molar-refractivity contribution is 5.78. The summed E-state index contributed by atoms with van der Waals surface area (Å²) in [5.74, 6) is 1.40. The summed E-state index contributed by atoms with van der Waals surface area (Å²) in [6, 6.07) is 25.2. The van der Waals surface area contributed by atoms with Crippen LogP contribution >= 0.6 is 0 Å². The third kappa shape index (κ3) is 4.60. The summed E-state index contributed by atoms with van der Waals surface area (Å²) in [5, 5.41) is 15.6. The summed E-state index contributed by atoms with van der Waals surface area (Å²) in [5.41, 5.74) is 6.17. The van der Waals surface area contributed by atoms with Crippen LogP contribution in [-0.2, 0) is 5.60 Å². The Labute approximate surface area is 233 Å². The molecule has 0 amide bonds. The van der Waals surface area contributed by atoms with Gasteiger partial charge in [0.15, 0.2) is 5.82 Å². The van der Waals surface area contributed by atoms with Crippen LogP contribution in [0.3, 0.4) is 0 Å². The Bertz CT molecular complexity index is 1630. The Kier molecular flexibility index (Phi) is 6.04. The molecule has 0 bridgehead atoms. The minimum Gasteiger partial charge on any atom is -0.381 e. The molecule has 202 valence electrons. The van der Waals surface area contributed by atoms with E-state index in [4.69, 9.17) is 0 Å². The molecule has 1 aliphatic carbocycles. The first-order chi connectivity index (χ1) is 19.5. The van der Waals surface area contributed by atoms with Gasteiger partial charge in [-0.25, -0.2) is 13.9 Å². The van der Waals surface area contributed by atoms with E-state index in [2.05, 4.69) is 68.5 Å². The van der Waals surface area contributed by atoms with Crippen LogP contribution in [-0.4, -0.2) is 45.9 Å². The molecular weight excluding hydrogens is 501 g/mol. The molecule has 3 heterocycles. The van der Waals surface area contributed by atoms with Gasteiger partial charge < -0.3 is 14.9 Å². The number of benzene rings is 3. The van der Waals surface area contributed by atoms with Crippen LogP contribution in [0.2, 0.25) is 0 Å². The fraction of sp³-hybridized carbons (Fsp3) is 0.273. The fourth-order valence-electron chi connectivity index (χ4n) is 5.80. The topological polar surface area (TPSA) is 56.9 Å². The van der Waals surface area contributed by atoms with Crippen molar-refractivity contribution in [1.29, 1.82) is 0 Å². The van der Waals surface area contributed by atoms with E-state index in [0.717, 1.165) is 60.2 Å². The lowest BCUT2D eigenvalue weighted by Crippen LogP contribution is -2.47. The van der Waals surface area contributed by atoms with Crippen LogP contribution in [0.4, 0.5) is 15.9 Å². The van der Waals surface area contributed by atoms with Crippen molar-refractivity contribution in [2.45, 2.75) is 31.3 Å². The first kappa shape index (κ1) is 24.8. The summed E-state index contributed by atoms with van der Waals surface area (Å²) >= 11 is 0. The number of aromatic nitrogens is 3. The predicted molar refractivity (Wildman–Crippen MR) is 156 cm³/mol. The molecule has 7 heteroatoms. The predicted octanol–water partition coefficient (Wildman–Crippen LogP) is 6.00. The molecule has 5 aromatic rings. The van der Waals surface area contributed by atoms with Crippen molar-refractivity contribution < 1.29 is 9.50 Å². The van der Waals surface area contributed by atoms with Crippen molar-refractivity contribution in [3.63, 3.8) is 0 Å². The van der Waals surface area contributed by atoms with Crippen molar-refractivity contribution in [3.8, 4) is 11.1 Å². The fourth-order valence-corrected chi connectivity index (χ4v) is 5.80. The molecule has 0 spiro atoms. The van der Waals surface area contributed by atoms with Gasteiger partial charge in [-0.3, -0.25) is 0 Å². The molecule has 1 saturated heterocycles. The van der Waals surface area contributed by atoms with E-state index in [0.29, 0.717) is 5.56 Å². The summed E-state index contributed by atoms with van der Waals surface area (Å²) in [4.78, 5) is 9.37.